The molecule has 0 unspecified atom stereocenters. The van der Waals surface area contributed by atoms with Gasteiger partial charge in [-0.05, 0) is 32.9 Å². The van der Waals surface area contributed by atoms with Crippen molar-refractivity contribution in [3.8, 4) is 28.5 Å². The van der Waals surface area contributed by atoms with E-state index in [2.05, 4.69) is 5.10 Å². The first-order chi connectivity index (χ1) is 11.6. The number of carbonyl (C=O) groups excluding carboxylic acids is 1. The Labute approximate surface area is 146 Å². The summed E-state index contributed by atoms with van der Waals surface area (Å²) >= 11 is 0. The number of amides is 1. The zero-order valence-electron chi connectivity index (χ0n) is 15.3. The zero-order valence-corrected chi connectivity index (χ0v) is 15.3. The summed E-state index contributed by atoms with van der Waals surface area (Å²) < 4.78 is 17.6. The monoisotopic (exact) mass is 348 g/mol. The minimum atomic E-state index is -0.656. The van der Waals surface area contributed by atoms with Gasteiger partial charge in [0, 0.05) is 5.56 Å². The number of aromatic nitrogens is 2. The molecular weight excluding hydrogens is 324 g/mol. The Morgan fingerprint density at radius 3 is 1.96 bits per heavy atom. The van der Waals surface area contributed by atoms with Gasteiger partial charge in [0.2, 0.25) is 5.75 Å². The smallest absolute Gasteiger partial charge is 0.254 e. The van der Waals surface area contributed by atoms with Crippen LogP contribution in [0.1, 0.15) is 31.1 Å². The number of rotatable bonds is 5. The maximum absolute atomic E-state index is 12.0. The number of hydrogen-bond acceptors (Lipinski definition) is 6. The van der Waals surface area contributed by atoms with E-state index < -0.39 is 11.4 Å². The van der Waals surface area contributed by atoms with Gasteiger partial charge in [-0.3, -0.25) is 4.79 Å². The van der Waals surface area contributed by atoms with Gasteiger partial charge in [0.25, 0.3) is 5.91 Å². The second-order valence-electron chi connectivity index (χ2n) is 6.47. The molecule has 0 aliphatic carbocycles. The van der Waals surface area contributed by atoms with Gasteiger partial charge in [0.1, 0.15) is 17.1 Å². The topological polar surface area (TPSA) is 115 Å². The minimum absolute atomic E-state index is 0.157. The highest BCUT2D eigenvalue weighted by Gasteiger charge is 2.28. The van der Waals surface area contributed by atoms with Gasteiger partial charge in [-0.15, -0.1) is 0 Å². The highest BCUT2D eigenvalue weighted by Crippen LogP contribution is 2.42. The standard InChI is InChI=1S/C17H24N4O4/c1-17(2,3)21-15(18)12(16(19)22)13(20-21)9-7-10(23-4)14(25-6)11(8-9)24-5/h7-8H,18H2,1-6H3,(H2,19,22). The van der Waals surface area contributed by atoms with Gasteiger partial charge in [-0.25, -0.2) is 4.68 Å². The lowest BCUT2D eigenvalue weighted by Crippen LogP contribution is -2.25. The molecule has 25 heavy (non-hydrogen) atoms. The average molecular weight is 348 g/mol. The van der Waals surface area contributed by atoms with Crippen LogP contribution in [0.5, 0.6) is 17.2 Å². The molecule has 0 atom stereocenters. The first-order valence-electron chi connectivity index (χ1n) is 7.64. The number of methoxy groups -OCH3 is 3. The quantitative estimate of drug-likeness (QED) is 0.854. The molecule has 1 aromatic carbocycles. The molecule has 1 amide bonds. The summed E-state index contributed by atoms with van der Waals surface area (Å²) in [7, 11) is 4.54. The molecule has 0 bridgehead atoms. The Hall–Kier alpha value is -2.90. The molecule has 0 spiro atoms. The third-order valence-corrected chi connectivity index (χ3v) is 3.74. The van der Waals surface area contributed by atoms with Gasteiger partial charge in [-0.1, -0.05) is 0 Å². The molecule has 0 fully saturated rings. The third-order valence-electron chi connectivity index (χ3n) is 3.74. The number of benzene rings is 1. The fourth-order valence-electron chi connectivity index (χ4n) is 2.61. The number of ether oxygens (including phenoxy) is 3. The fourth-order valence-corrected chi connectivity index (χ4v) is 2.61. The highest BCUT2D eigenvalue weighted by molar-refractivity contribution is 6.03. The van der Waals surface area contributed by atoms with Crippen LogP contribution in [0.15, 0.2) is 12.1 Å². The van der Waals surface area contributed by atoms with Crippen molar-refractivity contribution in [3.05, 3.63) is 17.7 Å². The highest BCUT2D eigenvalue weighted by atomic mass is 16.5. The summed E-state index contributed by atoms with van der Waals surface area (Å²) in [6.45, 7) is 5.79. The van der Waals surface area contributed by atoms with E-state index in [1.165, 1.54) is 21.3 Å². The summed E-state index contributed by atoms with van der Waals surface area (Å²) in [6, 6.07) is 3.39. The van der Waals surface area contributed by atoms with Crippen molar-refractivity contribution in [3.63, 3.8) is 0 Å². The molecule has 1 aromatic heterocycles. The van der Waals surface area contributed by atoms with Crippen molar-refractivity contribution in [2.45, 2.75) is 26.3 Å². The second kappa shape index (κ2) is 6.54. The van der Waals surface area contributed by atoms with Crippen LogP contribution in [0.4, 0.5) is 5.82 Å². The van der Waals surface area contributed by atoms with Crippen LogP contribution in [0, 0.1) is 0 Å². The van der Waals surface area contributed by atoms with Crippen LogP contribution >= 0.6 is 0 Å². The summed E-state index contributed by atoms with van der Waals surface area (Å²) in [5, 5.41) is 4.52. The summed E-state index contributed by atoms with van der Waals surface area (Å²) in [5.41, 5.74) is 12.4. The second-order valence-corrected chi connectivity index (χ2v) is 6.47. The predicted molar refractivity (Wildman–Crippen MR) is 95.2 cm³/mol. The van der Waals surface area contributed by atoms with Crippen LogP contribution in [0.3, 0.4) is 0 Å². The molecule has 0 aliphatic rings. The van der Waals surface area contributed by atoms with Gasteiger partial charge in [0.15, 0.2) is 11.5 Å². The lowest BCUT2D eigenvalue weighted by atomic mass is 10.1. The predicted octanol–water partition coefficient (Wildman–Crippen LogP) is 2.01. The Morgan fingerprint density at radius 2 is 1.60 bits per heavy atom. The van der Waals surface area contributed by atoms with Crippen molar-refractivity contribution in [2.24, 2.45) is 5.73 Å². The first kappa shape index (κ1) is 18.4. The Kier molecular flexibility index (Phi) is 4.82. The molecule has 1 heterocycles. The molecule has 8 nitrogen and oxygen atoms in total. The summed E-state index contributed by atoms with van der Waals surface area (Å²) in [6.07, 6.45) is 0. The Morgan fingerprint density at radius 1 is 1.08 bits per heavy atom. The number of carbonyl (C=O) groups is 1. The number of hydrogen-bond donors (Lipinski definition) is 2. The van der Waals surface area contributed by atoms with E-state index in [0.717, 1.165) is 0 Å². The SMILES string of the molecule is COc1cc(-c2nn(C(C)(C)C)c(N)c2C(N)=O)cc(OC)c1OC. The van der Waals surface area contributed by atoms with E-state index in [1.807, 2.05) is 20.8 Å². The number of nitrogens with two attached hydrogens (primary N) is 2. The third kappa shape index (κ3) is 3.19. The van der Waals surface area contributed by atoms with E-state index in [-0.39, 0.29) is 11.4 Å². The molecule has 0 saturated heterocycles. The maximum atomic E-state index is 12.0. The van der Waals surface area contributed by atoms with Crippen LogP contribution < -0.4 is 25.7 Å². The van der Waals surface area contributed by atoms with Crippen molar-refractivity contribution >= 4 is 11.7 Å². The Balaban J connectivity index is 2.80. The molecule has 2 aromatic rings. The van der Waals surface area contributed by atoms with Gasteiger partial charge < -0.3 is 25.7 Å². The summed E-state index contributed by atoms with van der Waals surface area (Å²) in [5.74, 6) is 0.880. The van der Waals surface area contributed by atoms with Crippen LogP contribution in [-0.4, -0.2) is 37.0 Å². The van der Waals surface area contributed by atoms with E-state index in [9.17, 15) is 4.79 Å². The number of nitrogens with zero attached hydrogens (tertiary/aromatic N) is 2. The van der Waals surface area contributed by atoms with Gasteiger partial charge in [0.05, 0.1) is 26.9 Å². The van der Waals surface area contributed by atoms with E-state index in [4.69, 9.17) is 25.7 Å². The van der Waals surface area contributed by atoms with Crippen LogP contribution in [0.2, 0.25) is 0 Å². The average Bonchev–Trinajstić information content (AvgIpc) is 2.91. The van der Waals surface area contributed by atoms with Crippen LogP contribution in [-0.2, 0) is 5.54 Å². The molecule has 0 radical (unpaired) electrons. The van der Waals surface area contributed by atoms with Crippen LogP contribution in [0.25, 0.3) is 11.3 Å². The number of nitrogen functional groups attached to an aromatic ring is 1. The fraction of sp³-hybridized carbons (Fsp3) is 0.412. The maximum Gasteiger partial charge on any atom is 0.254 e. The molecule has 4 N–H and O–H groups in total. The van der Waals surface area contributed by atoms with Gasteiger partial charge in [-0.2, -0.15) is 5.10 Å². The normalized spacial score (nSPS) is 11.3. The molecular formula is C17H24N4O4. The largest absolute Gasteiger partial charge is 0.493 e. The minimum Gasteiger partial charge on any atom is -0.493 e. The van der Waals surface area contributed by atoms with Crippen molar-refractivity contribution in [1.29, 1.82) is 0 Å². The number of anilines is 1. The molecule has 0 aliphatic heterocycles. The lowest BCUT2D eigenvalue weighted by molar-refractivity contribution is 0.100. The van der Waals surface area contributed by atoms with Crippen molar-refractivity contribution in [1.82, 2.24) is 9.78 Å². The zero-order chi connectivity index (χ0) is 18.9. The van der Waals surface area contributed by atoms with E-state index in [1.54, 1.807) is 16.8 Å². The Bertz CT molecular complexity index is 781. The van der Waals surface area contributed by atoms with E-state index >= 15 is 0 Å². The van der Waals surface area contributed by atoms with Gasteiger partial charge >= 0.3 is 0 Å². The molecule has 0 saturated carbocycles. The van der Waals surface area contributed by atoms with E-state index in [0.29, 0.717) is 28.5 Å². The molecule has 136 valence electrons. The number of primary amides is 1. The van der Waals surface area contributed by atoms with Crippen molar-refractivity contribution in [2.75, 3.05) is 27.1 Å². The molecule has 8 heteroatoms. The van der Waals surface area contributed by atoms with Crippen molar-refractivity contribution < 1.29 is 19.0 Å². The molecule has 2 rings (SSSR count). The first-order valence-corrected chi connectivity index (χ1v) is 7.64. The lowest BCUT2D eigenvalue weighted by Gasteiger charge is -2.20. The summed E-state index contributed by atoms with van der Waals surface area (Å²) in [4.78, 5) is 12.0.